The van der Waals surface area contributed by atoms with Crippen molar-refractivity contribution in [3.63, 3.8) is 0 Å². The number of amidine groups is 4. The summed E-state index contributed by atoms with van der Waals surface area (Å²) >= 11 is 1.31. The number of aliphatic imine (C=N–C) groups is 4. The molecule has 0 saturated carbocycles. The number of nitrogens with zero attached hydrogens (tertiary/aromatic N) is 4. The van der Waals surface area contributed by atoms with Crippen LogP contribution in [-0.4, -0.2) is 250 Å². The van der Waals surface area contributed by atoms with Crippen molar-refractivity contribution in [3.05, 3.63) is 239 Å². The third kappa shape index (κ3) is 63.4. The number of hydrogen-bond acceptors (Lipinski definition) is 34. The lowest BCUT2D eigenvalue weighted by Gasteiger charge is -2.29. The number of alkyl halides is 1. The summed E-state index contributed by atoms with van der Waals surface area (Å²) < 4.78 is 271. The molecule has 0 aliphatic rings. The smallest absolute Gasteiger partial charge is 0.324 e. The third-order valence-electron chi connectivity index (χ3n) is 18.5. The van der Waals surface area contributed by atoms with Gasteiger partial charge in [-0.3, -0.25) is 86.3 Å². The molecule has 0 aliphatic carbocycles. The number of nitrogens with one attached hydrogen (secondary N) is 1. The number of rotatable bonds is 40. The zero-order chi connectivity index (χ0) is 112. The fourth-order valence-electron chi connectivity index (χ4n) is 10.3. The molecule has 8 rings (SSSR count). The largest absolute Gasteiger partial charge is 0.460 e. The van der Waals surface area contributed by atoms with Crippen molar-refractivity contribution in [3.8, 4) is 0 Å². The monoisotopic (exact) mass is 2230 g/mol. The Morgan fingerprint density at radius 2 is 0.514 bits per heavy atom. The molecule has 0 aliphatic heterocycles. The van der Waals surface area contributed by atoms with E-state index >= 15 is 0 Å². The highest BCUT2D eigenvalue weighted by molar-refractivity contribution is 7.99. The molecule has 8 aromatic carbocycles. The number of hydrogen-bond donors (Lipinski definition) is 17. The quantitative estimate of drug-likeness (QED) is 0.00324. The van der Waals surface area contributed by atoms with Crippen LogP contribution >= 0.6 is 11.8 Å². The Bertz CT molecular complexity index is 5470. The van der Waals surface area contributed by atoms with E-state index in [0.717, 1.165) is 44.5 Å². The van der Waals surface area contributed by atoms with E-state index in [1.54, 1.807) is 118 Å². The molecular weight excluding hydrogens is 2100 g/mol. The van der Waals surface area contributed by atoms with Crippen molar-refractivity contribution >= 4 is 140 Å². The topological polar surface area (TPSA) is 804 Å². The van der Waals surface area contributed by atoms with E-state index in [9.17, 15) is 90.9 Å². The van der Waals surface area contributed by atoms with Gasteiger partial charge in [-0.05, 0) is 231 Å². The highest BCUT2D eigenvalue weighted by atomic mass is 32.3. The number of thioether (sulfide) groups is 1. The number of ether oxygens (including phenoxy) is 4. The lowest BCUT2D eigenvalue weighted by Crippen LogP contribution is -2.49. The summed E-state index contributed by atoms with van der Waals surface area (Å²) in [5, 5.41) is 8.85. The van der Waals surface area contributed by atoms with Gasteiger partial charge in [-0.25, -0.2) is 4.39 Å². The summed E-state index contributed by atoms with van der Waals surface area (Å²) in [4.78, 5) is 68.1. The molecule has 0 radical (unpaired) electrons. The van der Waals surface area contributed by atoms with E-state index in [1.165, 1.54) is 109 Å². The first kappa shape index (κ1) is 135. The second-order valence-electron chi connectivity index (χ2n) is 31.6. The Hall–Kier alpha value is -11.1. The fourth-order valence-corrected chi connectivity index (χ4v) is 14.9. The van der Waals surface area contributed by atoms with Crippen molar-refractivity contribution in [2.24, 2.45) is 60.1 Å². The number of esters is 4. The molecule has 814 valence electrons. The number of nitrogens with two attached hydrogens (primary N) is 7. The SMILES string of the molecule is CC(N)=NCCCCC(N)C(=O)OC(COC(=O)C(N)CCCCN=C(C)NO)C(COC(=O)C(N)CCCCN=C(N)CF)OC(=O)C(N)CSCCN=C(C)N.Cc1ccc(S(=O)(=O)O)cc1.Cc1ccc(S(=O)(=O)O)cc1.Cc1ccc(S(=O)(=O)O)cc1.Cc1ccc(S(=O)(=O)O)cc1.Cc1ccc(S(=O)(=O)O)cc1.Cc1ccc(S(=O)(=O)O)cc1.Cc1ccc(S(=O)(=O)O)cc1.Cc1ccc(S(=O)(=O)O)cc1. The van der Waals surface area contributed by atoms with Crippen molar-refractivity contribution in [1.82, 2.24) is 5.48 Å². The minimum Gasteiger partial charge on any atom is -0.460 e. The second-order valence-corrected chi connectivity index (χ2v) is 44.2. The molecule has 0 spiro atoms. The van der Waals surface area contributed by atoms with Gasteiger partial charge in [0.05, 0.1) is 50.8 Å². The number of carbonyl (C=O) groups excluding carboxylic acids is 4. The second kappa shape index (κ2) is 67.7. The molecule has 0 bridgehead atoms. The minimum atomic E-state index is -4.02. The van der Waals surface area contributed by atoms with Gasteiger partial charge in [0.2, 0.25) is 0 Å². The van der Waals surface area contributed by atoms with Crippen molar-refractivity contribution in [1.29, 1.82) is 0 Å². The molecule has 8 aromatic rings. The van der Waals surface area contributed by atoms with E-state index in [-0.39, 0.29) is 76.6 Å². The Morgan fingerprint density at radius 3 is 0.719 bits per heavy atom. The predicted molar refractivity (Wildman–Crippen MR) is 550 cm³/mol. The number of benzene rings is 8. The van der Waals surface area contributed by atoms with Gasteiger partial charge in [-0.1, -0.05) is 142 Å². The van der Waals surface area contributed by atoms with Gasteiger partial charge in [0, 0.05) is 37.7 Å². The van der Waals surface area contributed by atoms with Crippen LogP contribution in [0.3, 0.4) is 0 Å². The molecule has 146 heavy (non-hydrogen) atoms. The van der Waals surface area contributed by atoms with Crippen LogP contribution in [-0.2, 0) is 119 Å². The fraction of sp³-hybridized carbons (Fsp3) is 0.385. The molecular formula is C91H131FN12O33S9. The van der Waals surface area contributed by atoms with E-state index in [1.807, 2.05) is 60.9 Å². The van der Waals surface area contributed by atoms with Gasteiger partial charge in [0.25, 0.3) is 80.9 Å². The predicted octanol–water partition coefficient (Wildman–Crippen LogP) is 8.86. The van der Waals surface area contributed by atoms with Gasteiger partial charge in [0.15, 0.2) is 12.2 Å². The van der Waals surface area contributed by atoms with Crippen LogP contribution in [0.4, 0.5) is 4.39 Å². The van der Waals surface area contributed by atoms with Crippen LogP contribution in [0.5, 0.6) is 0 Å². The van der Waals surface area contributed by atoms with Crippen molar-refractivity contribution in [2.45, 2.75) is 209 Å². The highest BCUT2D eigenvalue weighted by Crippen LogP contribution is 2.20. The van der Waals surface area contributed by atoms with Crippen LogP contribution in [0.1, 0.15) is 123 Å². The summed E-state index contributed by atoms with van der Waals surface area (Å²) in [5.41, 5.74) is 50.5. The van der Waals surface area contributed by atoms with Crippen molar-refractivity contribution in [2.75, 3.05) is 57.6 Å². The summed E-state index contributed by atoms with van der Waals surface area (Å²) in [6, 6.07) is 43.4. The Morgan fingerprint density at radius 1 is 0.315 bits per heavy atom. The lowest BCUT2D eigenvalue weighted by atomic mass is 10.1. The normalized spacial score (nSPS) is 13.2. The zero-order valence-electron chi connectivity index (χ0n) is 81.9. The van der Waals surface area contributed by atoms with E-state index in [4.69, 9.17) is 101 Å². The molecule has 6 unspecified atom stereocenters. The highest BCUT2D eigenvalue weighted by Gasteiger charge is 2.36. The Kier molecular flexibility index (Phi) is 62.5. The average Bonchev–Trinajstić information content (AvgIpc) is 0.592. The maximum absolute atomic E-state index is 13.3. The Balaban J connectivity index is 0.00000188. The van der Waals surface area contributed by atoms with Gasteiger partial charge in [-0.15, -0.1) is 0 Å². The number of hydroxylamine groups is 1. The third-order valence-corrected chi connectivity index (χ3v) is 26.5. The maximum atomic E-state index is 13.3. The van der Waals surface area contributed by atoms with Crippen LogP contribution in [0, 0.1) is 55.4 Å². The average molecular weight is 2230 g/mol. The minimum absolute atomic E-state index is 0.0666. The molecule has 0 saturated heterocycles. The summed E-state index contributed by atoms with van der Waals surface area (Å²) in [7, 11) is -32.2. The standard InChI is InChI=1S/C35H67FN12O9S.8C7H8O3S/c1-22(37)44-13-7-4-12-27(41)34(51)56-29(19-54-32(49)25(39)10-5-8-14-46-24(3)48-53)30(57-35(52)28(42)21-58-17-16-45-23(2)38)20-55-33(50)26(40)11-6-9-15-47-31(43)18-36;8*1-6-2-4-7(5-3-6)11(8,9)10/h25-30,53H,4-21,39-42H2,1-3H3,(H2,37,44)(H2,38,45)(H2,43,47)(H,46,48);8*2-5H,1H3,(H,8,9,10). The number of carbonyl (C=O) groups is 4. The maximum Gasteiger partial charge on any atom is 0.324 e. The van der Waals surface area contributed by atoms with Gasteiger partial charge < -0.3 is 59.1 Å². The molecule has 0 fully saturated rings. The molecule has 0 amide bonds. The van der Waals surface area contributed by atoms with Gasteiger partial charge in [0.1, 0.15) is 55.7 Å². The van der Waals surface area contributed by atoms with Crippen LogP contribution in [0.25, 0.3) is 0 Å². The van der Waals surface area contributed by atoms with Crippen LogP contribution in [0.2, 0.25) is 0 Å². The molecule has 55 heteroatoms. The van der Waals surface area contributed by atoms with Gasteiger partial charge >= 0.3 is 23.9 Å². The van der Waals surface area contributed by atoms with Gasteiger partial charge in [-0.2, -0.15) is 79.1 Å². The number of halogens is 1. The van der Waals surface area contributed by atoms with Crippen LogP contribution in [0.15, 0.2) is 253 Å². The molecule has 0 aromatic heterocycles. The van der Waals surface area contributed by atoms with Crippen LogP contribution < -0.4 is 45.6 Å². The summed E-state index contributed by atoms with van der Waals surface area (Å²) in [5.74, 6) is -1.91. The van der Waals surface area contributed by atoms with E-state index in [0.29, 0.717) is 81.4 Å². The number of aryl methyl sites for hydroxylation is 8. The Labute approximate surface area is 856 Å². The molecule has 24 N–H and O–H groups in total. The zero-order valence-corrected chi connectivity index (χ0v) is 89.2. The first-order valence-electron chi connectivity index (χ1n) is 43.5. The van der Waals surface area contributed by atoms with E-state index < -0.39 is 161 Å². The summed E-state index contributed by atoms with van der Waals surface area (Å²) in [6.45, 7) is 18.9. The first-order chi connectivity index (χ1) is 67.5. The van der Waals surface area contributed by atoms with E-state index in [2.05, 4.69) is 20.0 Å². The molecule has 45 nitrogen and oxygen atoms in total. The molecule has 6 atom stereocenters. The molecule has 0 heterocycles. The van der Waals surface area contributed by atoms with Crippen molar-refractivity contribution < 1.29 is 151 Å². The number of unbranched alkanes of at least 4 members (excludes halogenated alkanes) is 3. The summed E-state index contributed by atoms with van der Waals surface area (Å²) in [6.07, 6.45) is 0.549. The lowest BCUT2D eigenvalue weighted by molar-refractivity contribution is -0.184. The first-order valence-corrected chi connectivity index (χ1v) is 56.2.